The number of carbonyl (C=O) groups excluding carboxylic acids is 2. The van der Waals surface area contributed by atoms with E-state index in [1.54, 1.807) is 0 Å². The number of ether oxygens (including phenoxy) is 3. The number of hydrogen-bond acceptors (Lipinski definition) is 6. The molecule has 0 heterocycles. The van der Waals surface area contributed by atoms with Crippen LogP contribution in [-0.2, 0) is 28.6 Å². The van der Waals surface area contributed by atoms with E-state index in [1.807, 2.05) is 21.1 Å². The number of unbranched alkanes of at least 4 members (excludes halogenated alkanes) is 3. The monoisotopic (exact) mass is 819 g/mol. The molecule has 0 aromatic carbocycles. The summed E-state index contributed by atoms with van der Waals surface area (Å²) in [7, 11) is 5.47. The Bertz CT molecular complexity index is 1370. The molecule has 330 valence electrons. The quantitative estimate of drug-likeness (QED) is 0.0288. The van der Waals surface area contributed by atoms with Gasteiger partial charge in [-0.05, 0) is 96.3 Å². The Kier molecular flexibility index (Phi) is 37.6. The third-order valence-electron chi connectivity index (χ3n) is 8.86. The number of carboxylic acid groups (broad SMARTS) is 1. The van der Waals surface area contributed by atoms with Gasteiger partial charge in [0.15, 0.2) is 12.1 Å². The van der Waals surface area contributed by atoms with E-state index in [0.717, 1.165) is 83.5 Å². The molecule has 0 saturated heterocycles. The van der Waals surface area contributed by atoms with Gasteiger partial charge in [-0.15, -0.1) is 0 Å². The van der Waals surface area contributed by atoms with Crippen molar-refractivity contribution in [1.29, 1.82) is 0 Å². The topological polar surface area (TPSA) is 99.1 Å². The van der Waals surface area contributed by atoms with E-state index in [-0.39, 0.29) is 49.1 Å². The normalized spacial score (nSPS) is 14.1. The van der Waals surface area contributed by atoms with Crippen molar-refractivity contribution in [1.82, 2.24) is 0 Å². The molecule has 0 aliphatic carbocycles. The van der Waals surface area contributed by atoms with Gasteiger partial charge < -0.3 is 23.8 Å². The van der Waals surface area contributed by atoms with Gasteiger partial charge in [-0.1, -0.05) is 135 Å². The second kappa shape index (κ2) is 40.5. The van der Waals surface area contributed by atoms with Gasteiger partial charge in [0.25, 0.3) is 0 Å². The molecule has 0 aromatic rings. The third kappa shape index (κ3) is 39.0. The Morgan fingerprint density at radius 3 is 1.31 bits per heavy atom. The van der Waals surface area contributed by atoms with Gasteiger partial charge in [0.1, 0.15) is 6.61 Å². The molecule has 0 aliphatic heterocycles. The number of rotatable bonds is 37. The van der Waals surface area contributed by atoms with Crippen molar-refractivity contribution in [3.63, 3.8) is 0 Å². The molecule has 0 saturated carbocycles. The second-order valence-electron chi connectivity index (χ2n) is 15.2. The van der Waals surface area contributed by atoms with Crippen LogP contribution in [0.2, 0.25) is 0 Å². The molecular formula is C51H80NO7+. The summed E-state index contributed by atoms with van der Waals surface area (Å²) in [4.78, 5) is 36.9. The van der Waals surface area contributed by atoms with E-state index in [2.05, 4.69) is 135 Å². The molecule has 0 bridgehead atoms. The van der Waals surface area contributed by atoms with Crippen LogP contribution in [0.25, 0.3) is 0 Å². The van der Waals surface area contributed by atoms with Gasteiger partial charge in [0.2, 0.25) is 0 Å². The summed E-state index contributed by atoms with van der Waals surface area (Å²) in [6.07, 6.45) is 56.9. The zero-order chi connectivity index (χ0) is 43.5. The summed E-state index contributed by atoms with van der Waals surface area (Å²) < 4.78 is 17.1. The smallest absolute Gasteiger partial charge is 0.362 e. The van der Waals surface area contributed by atoms with E-state index in [4.69, 9.17) is 14.2 Å². The fraction of sp³-hybridized carbons (Fsp3) is 0.549. The predicted octanol–water partition coefficient (Wildman–Crippen LogP) is 12.2. The molecule has 1 N–H and O–H groups in total. The molecule has 0 radical (unpaired) electrons. The predicted molar refractivity (Wildman–Crippen MR) is 247 cm³/mol. The Morgan fingerprint density at radius 1 is 0.508 bits per heavy atom. The molecule has 0 aromatic heterocycles. The van der Waals surface area contributed by atoms with Crippen LogP contribution in [0, 0.1) is 0 Å². The SMILES string of the molecule is CC/C=C/C/C=C/C/C=C/C/C=C/C/C=C/C/C=C/C/C=C/CCCC(=O)OCC(COCCC(C(=O)O)[N+](C)(C)C)OC(=O)CCCC/C=C/C/C=C/C/C=C/CC. The summed E-state index contributed by atoms with van der Waals surface area (Å²) in [6.45, 7) is 4.36. The van der Waals surface area contributed by atoms with Gasteiger partial charge >= 0.3 is 17.9 Å². The third-order valence-corrected chi connectivity index (χ3v) is 8.86. The Balaban J connectivity index is 4.47. The summed E-state index contributed by atoms with van der Waals surface area (Å²) in [5, 5.41) is 9.61. The molecule has 0 spiro atoms. The maximum atomic E-state index is 12.7. The highest BCUT2D eigenvalue weighted by Crippen LogP contribution is 2.11. The minimum Gasteiger partial charge on any atom is -0.477 e. The first-order valence-electron chi connectivity index (χ1n) is 22.1. The van der Waals surface area contributed by atoms with E-state index in [1.165, 1.54) is 0 Å². The number of carboxylic acids is 1. The van der Waals surface area contributed by atoms with Crippen molar-refractivity contribution < 1.29 is 38.2 Å². The second-order valence-corrected chi connectivity index (χ2v) is 15.2. The molecule has 2 atom stereocenters. The molecule has 8 heteroatoms. The standard InChI is InChI=1S/C51H79NO7/c1-6-8-10-12-14-16-18-20-21-22-23-24-25-26-27-28-29-30-32-33-35-37-39-41-49(53)58-46-47(45-57-44-43-48(51(55)56)52(3,4)5)59-50(54)42-40-38-36-34-31-19-17-15-13-11-9-7-2/h8-11,14-17,20-21,23-24,26-27,29-31,33-35,47-48H,6-7,12-13,18-19,22,25,28,32,36-46H2,1-5H3/p+1/b10-8+,11-9+,16-14+,17-15+,21-20+,24-23+,27-26+,30-29+,34-31+,35-33+. The van der Waals surface area contributed by atoms with Gasteiger partial charge in [0, 0.05) is 19.3 Å². The maximum absolute atomic E-state index is 12.7. The van der Waals surface area contributed by atoms with Crippen LogP contribution in [-0.4, -0.2) is 80.6 Å². The van der Waals surface area contributed by atoms with Crippen LogP contribution in [0.5, 0.6) is 0 Å². The lowest BCUT2D eigenvalue weighted by Crippen LogP contribution is -2.50. The molecule has 59 heavy (non-hydrogen) atoms. The number of allylic oxidation sites excluding steroid dienone is 20. The first-order chi connectivity index (χ1) is 28.6. The van der Waals surface area contributed by atoms with Crippen molar-refractivity contribution in [2.45, 2.75) is 142 Å². The zero-order valence-corrected chi connectivity index (χ0v) is 37.4. The summed E-state index contributed by atoms with van der Waals surface area (Å²) in [5.41, 5.74) is 0. The van der Waals surface area contributed by atoms with Crippen molar-refractivity contribution >= 4 is 17.9 Å². The number of aliphatic carboxylic acids is 1. The largest absolute Gasteiger partial charge is 0.477 e. The van der Waals surface area contributed by atoms with Crippen LogP contribution in [0.1, 0.15) is 129 Å². The zero-order valence-electron chi connectivity index (χ0n) is 37.4. The maximum Gasteiger partial charge on any atom is 0.362 e. The van der Waals surface area contributed by atoms with Gasteiger partial charge in [-0.3, -0.25) is 9.59 Å². The van der Waals surface area contributed by atoms with Crippen LogP contribution < -0.4 is 0 Å². The summed E-state index contributed by atoms with van der Waals surface area (Å²) in [5.74, 6) is -1.62. The van der Waals surface area contributed by atoms with Crippen molar-refractivity contribution in [3.8, 4) is 0 Å². The minimum atomic E-state index is -0.896. The highest BCUT2D eigenvalue weighted by molar-refractivity contribution is 5.72. The molecule has 0 rings (SSSR count). The Morgan fingerprint density at radius 2 is 0.898 bits per heavy atom. The molecular weight excluding hydrogens is 739 g/mol. The van der Waals surface area contributed by atoms with Crippen molar-refractivity contribution in [2.24, 2.45) is 0 Å². The molecule has 2 unspecified atom stereocenters. The van der Waals surface area contributed by atoms with Crippen LogP contribution in [0.4, 0.5) is 0 Å². The van der Waals surface area contributed by atoms with Gasteiger partial charge in [0.05, 0.1) is 34.4 Å². The number of likely N-dealkylation sites (N-methyl/N-ethyl adjacent to an activating group) is 1. The molecule has 0 fully saturated rings. The minimum absolute atomic E-state index is 0.0182. The fourth-order valence-corrected chi connectivity index (χ4v) is 5.50. The molecule has 0 amide bonds. The first-order valence-corrected chi connectivity index (χ1v) is 22.1. The lowest BCUT2D eigenvalue weighted by Gasteiger charge is -2.31. The van der Waals surface area contributed by atoms with E-state index >= 15 is 0 Å². The Labute approximate surface area is 359 Å². The summed E-state index contributed by atoms with van der Waals surface area (Å²) >= 11 is 0. The van der Waals surface area contributed by atoms with Gasteiger partial charge in [-0.25, -0.2) is 4.79 Å². The number of nitrogens with zero attached hydrogens (tertiary/aromatic N) is 1. The molecule has 8 nitrogen and oxygen atoms in total. The van der Waals surface area contributed by atoms with E-state index in [9.17, 15) is 19.5 Å². The average Bonchev–Trinajstić information content (AvgIpc) is 3.19. The van der Waals surface area contributed by atoms with Gasteiger partial charge in [-0.2, -0.15) is 0 Å². The lowest BCUT2D eigenvalue weighted by atomic mass is 10.1. The molecule has 0 aliphatic rings. The van der Waals surface area contributed by atoms with Crippen LogP contribution >= 0.6 is 0 Å². The first kappa shape index (κ1) is 54.7. The average molecular weight is 819 g/mol. The Hall–Kier alpha value is -4.27. The van der Waals surface area contributed by atoms with Crippen molar-refractivity contribution in [2.75, 3.05) is 41.0 Å². The number of quaternary nitrogens is 1. The van der Waals surface area contributed by atoms with Crippen molar-refractivity contribution in [3.05, 3.63) is 122 Å². The van der Waals surface area contributed by atoms with E-state index < -0.39 is 18.1 Å². The lowest BCUT2D eigenvalue weighted by molar-refractivity contribution is -0.887. The highest BCUT2D eigenvalue weighted by Gasteiger charge is 2.31. The summed E-state index contributed by atoms with van der Waals surface area (Å²) in [6, 6.07) is -0.637. The fourth-order valence-electron chi connectivity index (χ4n) is 5.50. The number of carbonyl (C=O) groups is 3. The van der Waals surface area contributed by atoms with Crippen LogP contribution in [0.15, 0.2) is 122 Å². The highest BCUT2D eigenvalue weighted by atomic mass is 16.6. The number of hydrogen-bond donors (Lipinski definition) is 1. The van der Waals surface area contributed by atoms with E-state index in [0.29, 0.717) is 19.3 Å². The van der Waals surface area contributed by atoms with Crippen LogP contribution in [0.3, 0.4) is 0 Å². The number of esters is 2.